The van der Waals surface area contributed by atoms with E-state index in [9.17, 15) is 14.4 Å². The number of carbonyl (C=O) groups is 3. The summed E-state index contributed by atoms with van der Waals surface area (Å²) in [7, 11) is 0. The molecule has 0 radical (unpaired) electrons. The molecule has 2 amide bonds. The Labute approximate surface area is 185 Å². The van der Waals surface area contributed by atoms with Crippen LogP contribution in [0.15, 0.2) is 59.9 Å². The molecule has 1 aromatic carbocycles. The average molecular weight is 436 g/mol. The molecule has 32 heavy (non-hydrogen) atoms. The summed E-state index contributed by atoms with van der Waals surface area (Å²) in [6.45, 7) is 1.56. The van der Waals surface area contributed by atoms with Gasteiger partial charge >= 0.3 is 18.0 Å². The van der Waals surface area contributed by atoms with Crippen molar-refractivity contribution >= 4 is 23.8 Å². The van der Waals surface area contributed by atoms with Crippen molar-refractivity contribution in [1.29, 1.82) is 0 Å². The van der Waals surface area contributed by atoms with Crippen molar-refractivity contribution in [3.8, 4) is 0 Å². The second kappa shape index (κ2) is 9.51. The van der Waals surface area contributed by atoms with Gasteiger partial charge in [-0.2, -0.15) is 0 Å². The number of nitrogens with zero attached hydrogens (tertiary/aromatic N) is 1. The molecule has 2 aliphatic rings. The number of anilines is 1. The van der Waals surface area contributed by atoms with E-state index in [-0.39, 0.29) is 30.0 Å². The molecule has 0 bridgehead atoms. The van der Waals surface area contributed by atoms with E-state index in [0.29, 0.717) is 17.4 Å². The summed E-state index contributed by atoms with van der Waals surface area (Å²) < 4.78 is 10.6. The van der Waals surface area contributed by atoms with Gasteiger partial charge in [0.2, 0.25) is 0 Å². The number of rotatable bonds is 8. The Morgan fingerprint density at radius 3 is 2.53 bits per heavy atom. The molecule has 1 aliphatic heterocycles. The van der Waals surface area contributed by atoms with Crippen molar-refractivity contribution in [2.45, 2.75) is 31.8 Å². The molecular weight excluding hydrogens is 412 g/mol. The van der Waals surface area contributed by atoms with Crippen LogP contribution in [-0.2, 0) is 14.3 Å². The van der Waals surface area contributed by atoms with E-state index in [4.69, 9.17) is 9.47 Å². The van der Waals surface area contributed by atoms with Gasteiger partial charge in [0.15, 0.2) is 0 Å². The van der Waals surface area contributed by atoms with Crippen LogP contribution >= 0.6 is 0 Å². The predicted molar refractivity (Wildman–Crippen MR) is 116 cm³/mol. The number of hydrogen-bond acceptors (Lipinski definition) is 7. The summed E-state index contributed by atoms with van der Waals surface area (Å²) in [5.41, 5.74) is 1.34. The number of urea groups is 1. The van der Waals surface area contributed by atoms with Gasteiger partial charge in [0.1, 0.15) is 12.4 Å². The summed E-state index contributed by atoms with van der Waals surface area (Å²) in [5.74, 6) is -0.514. The first-order valence-corrected chi connectivity index (χ1v) is 10.5. The average Bonchev–Trinajstić information content (AvgIpc) is 3.62. The number of nitrogens with one attached hydrogen (secondary N) is 3. The fourth-order valence-corrected chi connectivity index (χ4v) is 3.34. The number of aromatic nitrogens is 1. The second-order valence-electron chi connectivity index (χ2n) is 7.48. The molecule has 166 valence electrons. The summed E-state index contributed by atoms with van der Waals surface area (Å²) in [5, 5.41) is 8.55. The molecule has 1 saturated carbocycles. The number of esters is 2. The molecule has 1 unspecified atom stereocenters. The summed E-state index contributed by atoms with van der Waals surface area (Å²) in [4.78, 5) is 41.7. The molecule has 0 spiro atoms. The van der Waals surface area contributed by atoms with Crippen LogP contribution in [0.4, 0.5) is 10.6 Å². The van der Waals surface area contributed by atoms with Crippen LogP contribution in [0.5, 0.6) is 0 Å². The highest BCUT2D eigenvalue weighted by molar-refractivity contribution is 5.95. The fourth-order valence-electron chi connectivity index (χ4n) is 3.34. The Balaban J connectivity index is 1.53. The Morgan fingerprint density at radius 2 is 1.88 bits per heavy atom. The van der Waals surface area contributed by atoms with Crippen molar-refractivity contribution in [2.75, 3.05) is 18.5 Å². The molecule has 1 aromatic heterocycles. The highest BCUT2D eigenvalue weighted by Crippen LogP contribution is 2.28. The maximum Gasteiger partial charge on any atom is 0.340 e. The third kappa shape index (κ3) is 5.05. The monoisotopic (exact) mass is 436 g/mol. The van der Waals surface area contributed by atoms with Crippen molar-refractivity contribution in [3.05, 3.63) is 71.1 Å². The highest BCUT2D eigenvalue weighted by atomic mass is 16.5. The predicted octanol–water partition coefficient (Wildman–Crippen LogP) is 2.68. The second-order valence-corrected chi connectivity index (χ2v) is 7.48. The molecule has 1 aliphatic carbocycles. The largest absolute Gasteiger partial charge is 0.463 e. The Bertz CT molecular complexity index is 1030. The van der Waals surface area contributed by atoms with Crippen LogP contribution in [0, 0.1) is 0 Å². The molecule has 3 N–H and O–H groups in total. The first-order chi connectivity index (χ1) is 15.5. The van der Waals surface area contributed by atoms with Gasteiger partial charge in [0.25, 0.3) is 0 Å². The number of hydrogen-bond donors (Lipinski definition) is 3. The van der Waals surface area contributed by atoms with E-state index >= 15 is 0 Å². The van der Waals surface area contributed by atoms with E-state index in [1.165, 1.54) is 6.20 Å². The van der Waals surface area contributed by atoms with Crippen LogP contribution in [0.25, 0.3) is 0 Å². The van der Waals surface area contributed by atoms with Crippen LogP contribution in [0.3, 0.4) is 0 Å². The van der Waals surface area contributed by atoms with Crippen molar-refractivity contribution in [1.82, 2.24) is 15.6 Å². The third-order valence-electron chi connectivity index (χ3n) is 5.06. The van der Waals surface area contributed by atoms with Crippen molar-refractivity contribution in [3.63, 3.8) is 0 Å². The van der Waals surface area contributed by atoms with Crippen LogP contribution in [0.2, 0.25) is 0 Å². The zero-order valence-corrected chi connectivity index (χ0v) is 17.6. The lowest BCUT2D eigenvalue weighted by Crippen LogP contribution is -2.47. The summed E-state index contributed by atoms with van der Waals surface area (Å²) in [6.07, 6.45) is 3.67. The minimum atomic E-state index is -0.729. The van der Waals surface area contributed by atoms with Crippen molar-refractivity contribution < 1.29 is 23.9 Å². The Hall–Kier alpha value is -3.88. The van der Waals surface area contributed by atoms with Gasteiger partial charge < -0.3 is 25.4 Å². The summed E-state index contributed by atoms with van der Waals surface area (Å²) >= 11 is 0. The zero-order chi connectivity index (χ0) is 22.5. The van der Waals surface area contributed by atoms with Gasteiger partial charge in [-0.15, -0.1) is 0 Å². The minimum Gasteiger partial charge on any atom is -0.463 e. The number of benzene rings is 1. The summed E-state index contributed by atoms with van der Waals surface area (Å²) in [6, 6.07) is 11.6. The third-order valence-corrected chi connectivity index (χ3v) is 5.06. The molecule has 4 rings (SSSR count). The molecule has 9 heteroatoms. The van der Waals surface area contributed by atoms with E-state index in [0.717, 1.165) is 12.8 Å². The molecule has 9 nitrogen and oxygen atoms in total. The number of ether oxygens (including phenoxy) is 2. The van der Waals surface area contributed by atoms with E-state index < -0.39 is 24.0 Å². The smallest absolute Gasteiger partial charge is 0.340 e. The lowest BCUT2D eigenvalue weighted by molar-refractivity contribution is -0.139. The molecule has 2 aromatic rings. The minimum absolute atomic E-state index is 0.164. The number of carbonyl (C=O) groups excluding carboxylic acids is 3. The van der Waals surface area contributed by atoms with Crippen molar-refractivity contribution in [2.24, 2.45) is 0 Å². The maximum atomic E-state index is 12.7. The Kier molecular flexibility index (Phi) is 6.34. The first kappa shape index (κ1) is 21.4. The maximum absolute atomic E-state index is 12.7. The van der Waals surface area contributed by atoms with Gasteiger partial charge in [-0.05, 0) is 37.5 Å². The van der Waals surface area contributed by atoms with Crippen LogP contribution in [-0.4, -0.2) is 42.2 Å². The van der Waals surface area contributed by atoms with E-state index in [1.54, 1.807) is 43.3 Å². The molecule has 0 saturated heterocycles. The SMILES string of the molecule is CCOC(=O)C1=C(COC(=O)c2ccc(NC3CC3)nc2)NC(=O)NC1c1ccccc1. The quantitative estimate of drug-likeness (QED) is 0.545. The lowest BCUT2D eigenvalue weighted by atomic mass is 9.95. The molecule has 1 fully saturated rings. The van der Waals surface area contributed by atoms with Gasteiger partial charge in [-0.25, -0.2) is 19.4 Å². The molecule has 1 atom stereocenters. The van der Waals surface area contributed by atoms with Crippen LogP contribution in [0.1, 0.15) is 41.7 Å². The molecular formula is C23H24N4O5. The number of pyridine rings is 1. The van der Waals surface area contributed by atoms with Gasteiger partial charge in [0, 0.05) is 12.2 Å². The highest BCUT2D eigenvalue weighted by Gasteiger charge is 2.34. The van der Waals surface area contributed by atoms with E-state index in [1.807, 2.05) is 6.07 Å². The van der Waals surface area contributed by atoms with Gasteiger partial charge in [-0.3, -0.25) is 0 Å². The fraction of sp³-hybridized carbons (Fsp3) is 0.304. The zero-order valence-electron chi connectivity index (χ0n) is 17.6. The van der Waals surface area contributed by atoms with E-state index in [2.05, 4.69) is 20.9 Å². The molecule has 2 heterocycles. The van der Waals surface area contributed by atoms with Gasteiger partial charge in [-0.1, -0.05) is 30.3 Å². The number of amides is 2. The lowest BCUT2D eigenvalue weighted by Gasteiger charge is -2.29. The normalized spacial score (nSPS) is 17.8. The van der Waals surface area contributed by atoms with Gasteiger partial charge in [0.05, 0.1) is 29.5 Å². The topological polar surface area (TPSA) is 119 Å². The Morgan fingerprint density at radius 1 is 1.09 bits per heavy atom. The first-order valence-electron chi connectivity index (χ1n) is 10.5. The van der Waals surface area contributed by atoms with Crippen LogP contribution < -0.4 is 16.0 Å². The standard InChI is InChI=1S/C23H24N4O5/c1-2-31-22(29)19-17(26-23(30)27-20(19)14-6-4-3-5-7-14)13-32-21(28)15-8-11-18(24-12-15)25-16-9-10-16/h3-8,11-12,16,20H,2,9-10,13H2,1H3,(H,24,25)(H2,26,27,30).